The van der Waals surface area contributed by atoms with Gasteiger partial charge in [-0.1, -0.05) is 36.4 Å². The Balaban J connectivity index is 2.33. The van der Waals surface area contributed by atoms with Crippen molar-refractivity contribution in [2.45, 2.75) is 13.0 Å². The molecule has 0 fully saturated rings. The Bertz CT molecular complexity index is 558. The van der Waals surface area contributed by atoms with Gasteiger partial charge in [0, 0.05) is 13.0 Å². The first-order valence-electron chi connectivity index (χ1n) is 5.64. The number of benzene rings is 1. The summed E-state index contributed by atoms with van der Waals surface area (Å²) >= 11 is 0. The molecule has 0 aliphatic carbocycles. The van der Waals surface area contributed by atoms with E-state index in [0.717, 1.165) is 5.56 Å². The highest BCUT2D eigenvalue weighted by atomic mass is 16.4. The monoisotopic (exact) mass is 242 g/mol. The van der Waals surface area contributed by atoms with Crippen LogP contribution in [0.5, 0.6) is 0 Å². The van der Waals surface area contributed by atoms with E-state index in [1.165, 1.54) is 0 Å². The van der Waals surface area contributed by atoms with Gasteiger partial charge < -0.3 is 9.67 Å². The molecule has 0 aliphatic heterocycles. The Hall–Kier alpha value is -2.36. The molecule has 4 heteroatoms. The van der Waals surface area contributed by atoms with Crippen molar-refractivity contribution in [1.29, 1.82) is 0 Å². The maximum atomic E-state index is 11.1. The number of hydrogen-bond donors (Lipinski definition) is 1. The van der Waals surface area contributed by atoms with Gasteiger partial charge in [-0.25, -0.2) is 9.78 Å². The number of allylic oxidation sites excluding steroid dienone is 1. The second-order valence-electron chi connectivity index (χ2n) is 3.95. The van der Waals surface area contributed by atoms with Crippen LogP contribution in [0.4, 0.5) is 0 Å². The zero-order valence-corrected chi connectivity index (χ0v) is 9.91. The van der Waals surface area contributed by atoms with Crippen LogP contribution < -0.4 is 0 Å². The summed E-state index contributed by atoms with van der Waals surface area (Å²) in [6.45, 7) is 4.27. The molecular formula is C14H14N2O2. The van der Waals surface area contributed by atoms with E-state index >= 15 is 0 Å². The summed E-state index contributed by atoms with van der Waals surface area (Å²) in [5.41, 5.74) is 1.89. The molecule has 0 atom stereocenters. The van der Waals surface area contributed by atoms with Crippen LogP contribution in [0.3, 0.4) is 0 Å². The van der Waals surface area contributed by atoms with E-state index < -0.39 is 5.97 Å². The zero-order valence-electron chi connectivity index (χ0n) is 9.91. The third kappa shape index (κ3) is 2.48. The van der Waals surface area contributed by atoms with Crippen molar-refractivity contribution < 1.29 is 9.90 Å². The molecule has 2 aromatic rings. The van der Waals surface area contributed by atoms with Gasteiger partial charge in [0.25, 0.3) is 0 Å². The molecule has 0 saturated carbocycles. The number of carboxylic acid groups (broad SMARTS) is 1. The predicted molar refractivity (Wildman–Crippen MR) is 68.6 cm³/mol. The first-order chi connectivity index (χ1) is 8.72. The van der Waals surface area contributed by atoms with Crippen LogP contribution in [-0.2, 0) is 13.0 Å². The van der Waals surface area contributed by atoms with Crippen molar-refractivity contribution >= 4 is 5.97 Å². The first kappa shape index (κ1) is 12.1. The molecule has 4 nitrogen and oxygen atoms in total. The van der Waals surface area contributed by atoms with Crippen molar-refractivity contribution in [2.24, 2.45) is 0 Å². The van der Waals surface area contributed by atoms with Gasteiger partial charge in [-0.2, -0.15) is 0 Å². The van der Waals surface area contributed by atoms with Crippen LogP contribution in [0.25, 0.3) is 0 Å². The minimum atomic E-state index is -1.00. The molecule has 0 aliphatic rings. The van der Waals surface area contributed by atoms with E-state index in [0.29, 0.717) is 18.7 Å². The molecule has 92 valence electrons. The van der Waals surface area contributed by atoms with E-state index in [-0.39, 0.29) is 5.69 Å². The lowest BCUT2D eigenvalue weighted by atomic mass is 10.2. The predicted octanol–water partition coefficient (Wildman–Crippen LogP) is 2.36. The van der Waals surface area contributed by atoms with Crippen LogP contribution >= 0.6 is 0 Å². The highest BCUT2D eigenvalue weighted by molar-refractivity contribution is 5.86. The number of carbonyl (C=O) groups is 1. The summed E-state index contributed by atoms with van der Waals surface area (Å²) in [4.78, 5) is 15.0. The van der Waals surface area contributed by atoms with Gasteiger partial charge in [0.1, 0.15) is 0 Å². The Morgan fingerprint density at radius 2 is 2.11 bits per heavy atom. The second kappa shape index (κ2) is 5.31. The van der Waals surface area contributed by atoms with Crippen LogP contribution in [0.2, 0.25) is 0 Å². The number of hydrogen-bond acceptors (Lipinski definition) is 2. The Labute approximate surface area is 105 Å². The molecule has 1 aromatic heterocycles. The molecule has 18 heavy (non-hydrogen) atoms. The molecule has 1 N–H and O–H groups in total. The molecule has 0 saturated heterocycles. The SMILES string of the molecule is C=CCc1c(C(=O)O)ncn1Cc1ccccc1. The smallest absolute Gasteiger partial charge is 0.356 e. The fourth-order valence-corrected chi connectivity index (χ4v) is 1.85. The minimum Gasteiger partial charge on any atom is -0.476 e. The quantitative estimate of drug-likeness (QED) is 0.819. The van der Waals surface area contributed by atoms with Gasteiger partial charge in [0.05, 0.1) is 12.0 Å². The van der Waals surface area contributed by atoms with Crippen LogP contribution in [-0.4, -0.2) is 20.6 Å². The van der Waals surface area contributed by atoms with Gasteiger partial charge >= 0.3 is 5.97 Å². The fraction of sp³-hybridized carbons (Fsp3) is 0.143. The molecule has 1 heterocycles. The maximum Gasteiger partial charge on any atom is 0.356 e. The number of nitrogens with zero attached hydrogens (tertiary/aromatic N) is 2. The maximum absolute atomic E-state index is 11.1. The van der Waals surface area contributed by atoms with Crippen molar-refractivity contribution in [3.05, 3.63) is 66.3 Å². The summed E-state index contributed by atoms with van der Waals surface area (Å²) in [6, 6.07) is 9.86. The highest BCUT2D eigenvalue weighted by Crippen LogP contribution is 2.12. The molecule has 0 spiro atoms. The summed E-state index contributed by atoms with van der Waals surface area (Å²) in [6.07, 6.45) is 3.74. The molecule has 2 rings (SSSR count). The van der Waals surface area contributed by atoms with Crippen LogP contribution in [0.15, 0.2) is 49.3 Å². The Morgan fingerprint density at radius 1 is 1.39 bits per heavy atom. The lowest BCUT2D eigenvalue weighted by molar-refractivity contribution is 0.0690. The normalized spacial score (nSPS) is 10.2. The standard InChI is InChI=1S/C14H14N2O2/c1-2-6-12-13(14(17)18)15-10-16(12)9-11-7-4-3-5-8-11/h2-5,7-8,10H,1,6,9H2,(H,17,18). The topological polar surface area (TPSA) is 55.1 Å². The molecular weight excluding hydrogens is 228 g/mol. The van der Waals surface area contributed by atoms with Crippen LogP contribution in [0.1, 0.15) is 21.7 Å². The van der Waals surface area contributed by atoms with Crippen molar-refractivity contribution in [1.82, 2.24) is 9.55 Å². The van der Waals surface area contributed by atoms with Crippen LogP contribution in [0, 0.1) is 0 Å². The third-order valence-electron chi connectivity index (χ3n) is 2.68. The average molecular weight is 242 g/mol. The summed E-state index contributed by atoms with van der Waals surface area (Å²) in [5, 5.41) is 9.06. The third-order valence-corrected chi connectivity index (χ3v) is 2.68. The second-order valence-corrected chi connectivity index (χ2v) is 3.95. The fourth-order valence-electron chi connectivity index (χ4n) is 1.85. The molecule has 0 unspecified atom stereocenters. The largest absolute Gasteiger partial charge is 0.476 e. The van der Waals surface area contributed by atoms with Gasteiger partial charge in [0.15, 0.2) is 5.69 Å². The number of rotatable bonds is 5. The number of imidazole rings is 1. The number of carboxylic acids is 1. The van der Waals surface area contributed by atoms with E-state index in [2.05, 4.69) is 11.6 Å². The zero-order chi connectivity index (χ0) is 13.0. The van der Waals surface area contributed by atoms with Crippen molar-refractivity contribution in [3.63, 3.8) is 0 Å². The summed E-state index contributed by atoms with van der Waals surface area (Å²) < 4.78 is 1.85. The lowest BCUT2D eigenvalue weighted by Gasteiger charge is -2.07. The Kier molecular flexibility index (Phi) is 3.57. The lowest BCUT2D eigenvalue weighted by Crippen LogP contribution is -2.07. The number of aromatic nitrogens is 2. The van der Waals surface area contributed by atoms with Crippen molar-refractivity contribution in [2.75, 3.05) is 0 Å². The average Bonchev–Trinajstić information content (AvgIpc) is 2.74. The van der Waals surface area contributed by atoms with Crippen molar-refractivity contribution in [3.8, 4) is 0 Å². The Morgan fingerprint density at radius 3 is 2.72 bits per heavy atom. The van der Waals surface area contributed by atoms with Gasteiger partial charge in [-0.3, -0.25) is 0 Å². The first-order valence-corrected chi connectivity index (χ1v) is 5.64. The van der Waals surface area contributed by atoms with Gasteiger partial charge in [0.2, 0.25) is 0 Å². The molecule has 0 radical (unpaired) electrons. The molecule has 1 aromatic carbocycles. The van der Waals surface area contributed by atoms with Gasteiger partial charge in [-0.05, 0) is 5.56 Å². The van der Waals surface area contributed by atoms with E-state index in [1.807, 2.05) is 34.9 Å². The number of aromatic carboxylic acids is 1. The molecule has 0 bridgehead atoms. The summed E-state index contributed by atoms with van der Waals surface area (Å²) in [5.74, 6) is -1.00. The van der Waals surface area contributed by atoms with E-state index in [1.54, 1.807) is 12.4 Å². The van der Waals surface area contributed by atoms with Gasteiger partial charge in [-0.15, -0.1) is 6.58 Å². The highest BCUT2D eigenvalue weighted by Gasteiger charge is 2.15. The minimum absolute atomic E-state index is 0.103. The van der Waals surface area contributed by atoms with E-state index in [4.69, 9.17) is 5.11 Å². The molecule has 0 amide bonds. The summed E-state index contributed by atoms with van der Waals surface area (Å²) in [7, 11) is 0. The van der Waals surface area contributed by atoms with E-state index in [9.17, 15) is 4.79 Å².